The van der Waals surface area contributed by atoms with Crippen molar-refractivity contribution < 1.29 is 13.6 Å². The lowest BCUT2D eigenvalue weighted by Crippen LogP contribution is -2.39. The minimum Gasteiger partial charge on any atom is -0.324 e. The Bertz CT molecular complexity index is 894. The summed E-state index contributed by atoms with van der Waals surface area (Å²) in [5.41, 5.74) is 1.24. The van der Waals surface area contributed by atoms with E-state index in [1.165, 1.54) is 31.3 Å². The minimum atomic E-state index is -0.613. The summed E-state index contributed by atoms with van der Waals surface area (Å²) in [7, 11) is 1.51. The van der Waals surface area contributed by atoms with Crippen molar-refractivity contribution in [3.8, 4) is 0 Å². The van der Waals surface area contributed by atoms with Crippen LogP contribution in [0.3, 0.4) is 0 Å². The van der Waals surface area contributed by atoms with Gasteiger partial charge in [0, 0.05) is 32.3 Å². The molecule has 0 aliphatic carbocycles. The van der Waals surface area contributed by atoms with Gasteiger partial charge in [-0.25, -0.2) is 18.3 Å². The number of hydrogen-bond donors (Lipinski definition) is 1. The monoisotopic (exact) mass is 376 g/mol. The van der Waals surface area contributed by atoms with E-state index in [0.717, 1.165) is 16.3 Å². The number of hydrogen-bond acceptors (Lipinski definition) is 3. The van der Waals surface area contributed by atoms with Crippen LogP contribution < -0.4 is 10.9 Å². The SMILES string of the molecule is C.Cn1nc(NC(=O)N2CCC(=Cc3cc(F)cc(F)c3)CC2)ccc1=O. The fraction of sp³-hybridized carbons (Fsp3) is 0.316. The normalized spacial score (nSPS) is 13.7. The molecule has 6 nitrogen and oxygen atoms in total. The van der Waals surface area contributed by atoms with E-state index in [1.54, 1.807) is 11.0 Å². The predicted octanol–water partition coefficient (Wildman–Crippen LogP) is 3.41. The van der Waals surface area contributed by atoms with Gasteiger partial charge in [-0.3, -0.25) is 10.1 Å². The second kappa shape index (κ2) is 8.57. The van der Waals surface area contributed by atoms with E-state index in [0.29, 0.717) is 37.3 Å². The molecule has 1 fully saturated rings. The lowest BCUT2D eigenvalue weighted by atomic mass is 10.0. The molecule has 1 aromatic heterocycles. The first-order valence-electron chi connectivity index (χ1n) is 8.16. The summed E-state index contributed by atoms with van der Waals surface area (Å²) in [6.45, 7) is 0.975. The van der Waals surface area contributed by atoms with Crippen molar-refractivity contribution in [2.24, 2.45) is 7.05 Å². The number of aromatic nitrogens is 2. The number of likely N-dealkylation sites (tertiary alicyclic amines) is 1. The van der Waals surface area contributed by atoms with Crippen LogP contribution in [0.25, 0.3) is 6.08 Å². The molecule has 144 valence electrons. The Kier molecular flexibility index (Phi) is 6.44. The van der Waals surface area contributed by atoms with E-state index in [2.05, 4.69) is 10.4 Å². The maximum atomic E-state index is 13.3. The second-order valence-electron chi connectivity index (χ2n) is 6.10. The van der Waals surface area contributed by atoms with E-state index in [-0.39, 0.29) is 19.0 Å². The Labute approximate surface area is 156 Å². The number of nitrogens with zero attached hydrogens (tertiary/aromatic N) is 3. The maximum Gasteiger partial charge on any atom is 0.323 e. The van der Waals surface area contributed by atoms with Crippen molar-refractivity contribution in [1.82, 2.24) is 14.7 Å². The van der Waals surface area contributed by atoms with Gasteiger partial charge in [0.1, 0.15) is 11.6 Å². The molecule has 0 saturated carbocycles. The molecule has 1 saturated heterocycles. The van der Waals surface area contributed by atoms with Gasteiger partial charge < -0.3 is 4.90 Å². The summed E-state index contributed by atoms with van der Waals surface area (Å²) < 4.78 is 27.6. The zero-order chi connectivity index (χ0) is 18.7. The number of carbonyl (C=O) groups excluding carboxylic acids is 1. The number of carbonyl (C=O) groups is 1. The van der Waals surface area contributed by atoms with Crippen molar-refractivity contribution in [3.63, 3.8) is 0 Å². The molecule has 27 heavy (non-hydrogen) atoms. The highest BCUT2D eigenvalue weighted by Crippen LogP contribution is 2.21. The van der Waals surface area contributed by atoms with Crippen LogP contribution in [0.5, 0.6) is 0 Å². The number of anilines is 1. The fourth-order valence-corrected chi connectivity index (χ4v) is 2.79. The van der Waals surface area contributed by atoms with Gasteiger partial charge in [0.25, 0.3) is 5.56 Å². The third kappa shape index (κ3) is 5.22. The first-order valence-corrected chi connectivity index (χ1v) is 8.16. The first kappa shape index (κ1) is 20.3. The van der Waals surface area contributed by atoms with Crippen LogP contribution in [0.1, 0.15) is 25.8 Å². The van der Waals surface area contributed by atoms with Crippen LogP contribution >= 0.6 is 0 Å². The Balaban J connectivity index is 0.00000261. The number of urea groups is 1. The largest absolute Gasteiger partial charge is 0.324 e. The molecule has 2 amide bonds. The van der Waals surface area contributed by atoms with E-state index >= 15 is 0 Å². The van der Waals surface area contributed by atoms with Gasteiger partial charge in [-0.2, -0.15) is 5.10 Å². The number of halogens is 2. The summed E-state index contributed by atoms with van der Waals surface area (Å²) in [5.74, 6) is -0.925. The van der Waals surface area contributed by atoms with Crippen LogP contribution in [0.2, 0.25) is 0 Å². The van der Waals surface area contributed by atoms with Crippen molar-refractivity contribution in [2.75, 3.05) is 18.4 Å². The van der Waals surface area contributed by atoms with Crippen LogP contribution in [0.4, 0.5) is 19.4 Å². The molecule has 0 radical (unpaired) electrons. The fourth-order valence-electron chi connectivity index (χ4n) is 2.79. The lowest BCUT2D eigenvalue weighted by Gasteiger charge is -2.28. The average molecular weight is 376 g/mol. The lowest BCUT2D eigenvalue weighted by molar-refractivity contribution is 0.207. The average Bonchev–Trinajstić information content (AvgIpc) is 2.58. The quantitative estimate of drug-likeness (QED) is 0.873. The van der Waals surface area contributed by atoms with E-state index in [9.17, 15) is 18.4 Å². The molecule has 2 heterocycles. The molecular weight excluding hydrogens is 354 g/mol. The van der Waals surface area contributed by atoms with Crippen molar-refractivity contribution in [1.29, 1.82) is 0 Å². The predicted molar refractivity (Wildman–Crippen MR) is 100 cm³/mol. The van der Waals surface area contributed by atoms with Gasteiger partial charge >= 0.3 is 6.03 Å². The van der Waals surface area contributed by atoms with Gasteiger partial charge in [0.05, 0.1) is 0 Å². The highest BCUT2D eigenvalue weighted by molar-refractivity contribution is 5.88. The molecule has 0 spiro atoms. The molecule has 0 atom stereocenters. The molecule has 1 aliphatic heterocycles. The standard InChI is InChI=1S/C18H18F2N4O2.CH4/c1-23-17(25)3-2-16(22-23)21-18(26)24-6-4-12(5-7-24)8-13-9-14(19)11-15(20)10-13;/h2-3,8-11H,4-7H2,1H3,(H,21,22,26);1H4. The molecule has 1 N–H and O–H groups in total. The maximum absolute atomic E-state index is 13.3. The summed E-state index contributed by atoms with van der Waals surface area (Å²) in [4.78, 5) is 25.2. The molecule has 0 unspecified atom stereocenters. The molecular formula is C19H22F2N4O2. The van der Waals surface area contributed by atoms with Gasteiger partial charge in [-0.15, -0.1) is 0 Å². The number of rotatable bonds is 2. The van der Waals surface area contributed by atoms with E-state index < -0.39 is 11.6 Å². The second-order valence-corrected chi connectivity index (χ2v) is 6.10. The number of amides is 2. The number of piperidine rings is 1. The van der Waals surface area contributed by atoms with Crippen molar-refractivity contribution >= 4 is 17.9 Å². The molecule has 1 aromatic carbocycles. The van der Waals surface area contributed by atoms with Crippen LogP contribution in [0.15, 0.2) is 40.7 Å². The minimum absolute atomic E-state index is 0. The van der Waals surface area contributed by atoms with Crippen LogP contribution in [-0.2, 0) is 7.05 Å². The van der Waals surface area contributed by atoms with Crippen LogP contribution in [0, 0.1) is 11.6 Å². The summed E-state index contributed by atoms with van der Waals surface area (Å²) in [6, 6.07) is 5.88. The third-order valence-electron chi connectivity index (χ3n) is 4.14. The van der Waals surface area contributed by atoms with E-state index in [1.807, 2.05) is 0 Å². The molecule has 1 aliphatic rings. The zero-order valence-corrected chi connectivity index (χ0v) is 14.2. The Hall–Kier alpha value is -3.03. The highest BCUT2D eigenvalue weighted by Gasteiger charge is 2.19. The first-order chi connectivity index (χ1) is 12.4. The summed E-state index contributed by atoms with van der Waals surface area (Å²) >= 11 is 0. The van der Waals surface area contributed by atoms with Gasteiger partial charge in [-0.1, -0.05) is 19.1 Å². The summed E-state index contributed by atoms with van der Waals surface area (Å²) in [6.07, 6.45) is 2.99. The topological polar surface area (TPSA) is 67.2 Å². The van der Waals surface area contributed by atoms with Crippen LogP contribution in [-0.4, -0.2) is 33.8 Å². The van der Waals surface area contributed by atoms with Crippen molar-refractivity contribution in [3.05, 3.63) is 63.5 Å². The van der Waals surface area contributed by atoms with E-state index in [4.69, 9.17) is 0 Å². The number of aryl methyl sites for hydroxylation is 1. The Morgan fingerprint density at radius 2 is 1.78 bits per heavy atom. The molecule has 0 bridgehead atoms. The smallest absolute Gasteiger partial charge is 0.323 e. The number of benzene rings is 1. The molecule has 3 rings (SSSR count). The van der Waals surface area contributed by atoms with Crippen molar-refractivity contribution in [2.45, 2.75) is 20.3 Å². The third-order valence-corrected chi connectivity index (χ3v) is 4.14. The zero-order valence-electron chi connectivity index (χ0n) is 14.2. The highest BCUT2D eigenvalue weighted by atomic mass is 19.1. The molecule has 8 heteroatoms. The number of nitrogens with one attached hydrogen (secondary N) is 1. The van der Waals surface area contributed by atoms with Gasteiger partial charge in [0.15, 0.2) is 5.82 Å². The van der Waals surface area contributed by atoms with Gasteiger partial charge in [-0.05, 0) is 36.6 Å². The summed E-state index contributed by atoms with van der Waals surface area (Å²) in [5, 5.41) is 6.61. The Morgan fingerprint density at radius 3 is 2.37 bits per heavy atom. The Morgan fingerprint density at radius 1 is 1.15 bits per heavy atom. The molecule has 2 aromatic rings. The van der Waals surface area contributed by atoms with Gasteiger partial charge in [0.2, 0.25) is 0 Å².